The van der Waals surface area contributed by atoms with Crippen LogP contribution in [0.4, 0.5) is 0 Å². The van der Waals surface area contributed by atoms with Crippen LogP contribution in [0.25, 0.3) is 0 Å². The first-order valence-corrected chi connectivity index (χ1v) is 7.38. The summed E-state index contributed by atoms with van der Waals surface area (Å²) < 4.78 is 16.3. The van der Waals surface area contributed by atoms with Gasteiger partial charge in [0.2, 0.25) is 5.75 Å². The van der Waals surface area contributed by atoms with Gasteiger partial charge in [0.1, 0.15) is 0 Å². The molecule has 0 bridgehead atoms. The van der Waals surface area contributed by atoms with E-state index >= 15 is 0 Å². The minimum Gasteiger partial charge on any atom is -0.493 e. The van der Waals surface area contributed by atoms with E-state index in [4.69, 9.17) is 25.7 Å². The smallest absolute Gasteiger partial charge is 0.203 e. The predicted octanol–water partition coefficient (Wildman–Crippen LogP) is 2.27. The normalized spacial score (nSPS) is 13.6. The van der Waals surface area contributed by atoms with Gasteiger partial charge in [-0.05, 0) is 12.5 Å². The lowest BCUT2D eigenvalue weighted by molar-refractivity contribution is 0.319. The van der Waals surface area contributed by atoms with Crippen LogP contribution in [0.1, 0.15) is 37.7 Å². The van der Waals surface area contributed by atoms with Crippen molar-refractivity contribution in [2.75, 3.05) is 27.9 Å². The maximum Gasteiger partial charge on any atom is 0.203 e. The number of unbranched alkanes of at least 4 members (excludes halogenated alkanes) is 1. The van der Waals surface area contributed by atoms with Crippen LogP contribution in [0.3, 0.4) is 0 Å². The zero-order chi connectivity index (χ0) is 15.8. The number of nitrogens with two attached hydrogens (primary N) is 2. The number of benzene rings is 1. The number of hydrogen-bond acceptors (Lipinski definition) is 5. The Kier molecular flexibility index (Phi) is 7.32. The van der Waals surface area contributed by atoms with E-state index < -0.39 is 0 Å². The first kappa shape index (κ1) is 17.6. The van der Waals surface area contributed by atoms with Gasteiger partial charge in [-0.1, -0.05) is 25.8 Å². The van der Waals surface area contributed by atoms with Crippen molar-refractivity contribution in [3.8, 4) is 17.2 Å². The monoisotopic (exact) mass is 296 g/mol. The van der Waals surface area contributed by atoms with Crippen LogP contribution in [-0.2, 0) is 0 Å². The Labute approximate surface area is 127 Å². The Morgan fingerprint density at radius 1 is 1.05 bits per heavy atom. The van der Waals surface area contributed by atoms with Gasteiger partial charge in [-0.15, -0.1) is 0 Å². The van der Waals surface area contributed by atoms with Crippen molar-refractivity contribution in [3.63, 3.8) is 0 Å². The van der Waals surface area contributed by atoms with Gasteiger partial charge in [-0.25, -0.2) is 0 Å². The second-order valence-electron chi connectivity index (χ2n) is 5.07. The summed E-state index contributed by atoms with van der Waals surface area (Å²) in [6.07, 6.45) is 3.15. The van der Waals surface area contributed by atoms with Gasteiger partial charge >= 0.3 is 0 Å². The largest absolute Gasteiger partial charge is 0.493 e. The fourth-order valence-corrected chi connectivity index (χ4v) is 2.59. The van der Waals surface area contributed by atoms with Crippen molar-refractivity contribution in [1.29, 1.82) is 0 Å². The summed E-state index contributed by atoms with van der Waals surface area (Å²) in [7, 11) is 4.81. The molecule has 0 aromatic heterocycles. The quantitative estimate of drug-likeness (QED) is 0.730. The minimum absolute atomic E-state index is 0.00181. The van der Waals surface area contributed by atoms with Gasteiger partial charge in [-0.3, -0.25) is 0 Å². The molecule has 5 heteroatoms. The maximum atomic E-state index is 6.32. The molecule has 0 heterocycles. The van der Waals surface area contributed by atoms with Gasteiger partial charge in [-0.2, -0.15) is 0 Å². The number of hydrogen-bond donors (Lipinski definition) is 2. The van der Waals surface area contributed by atoms with Crippen LogP contribution in [0.5, 0.6) is 17.2 Å². The molecular weight excluding hydrogens is 268 g/mol. The first-order valence-electron chi connectivity index (χ1n) is 7.38. The average Bonchev–Trinajstić information content (AvgIpc) is 2.52. The van der Waals surface area contributed by atoms with Crippen molar-refractivity contribution in [1.82, 2.24) is 0 Å². The third-order valence-corrected chi connectivity index (χ3v) is 3.80. The Balaban J connectivity index is 3.20. The highest BCUT2D eigenvalue weighted by Gasteiger charge is 2.25. The first-order chi connectivity index (χ1) is 10.1. The summed E-state index contributed by atoms with van der Waals surface area (Å²) in [5, 5.41) is 0. The molecule has 1 aromatic carbocycles. The summed E-state index contributed by atoms with van der Waals surface area (Å²) in [6, 6.07) is 3.83. The Morgan fingerprint density at radius 2 is 1.71 bits per heavy atom. The van der Waals surface area contributed by atoms with Gasteiger partial charge in [0, 0.05) is 24.1 Å². The Bertz CT molecular complexity index is 438. The van der Waals surface area contributed by atoms with Crippen molar-refractivity contribution in [2.45, 2.75) is 38.1 Å². The minimum atomic E-state index is 0.00181. The molecule has 0 radical (unpaired) electrons. The van der Waals surface area contributed by atoms with Crippen molar-refractivity contribution in [3.05, 3.63) is 17.7 Å². The fraction of sp³-hybridized carbons (Fsp3) is 0.625. The molecule has 5 nitrogen and oxygen atoms in total. The molecule has 2 atom stereocenters. The van der Waals surface area contributed by atoms with Crippen LogP contribution in [0, 0.1) is 0 Å². The van der Waals surface area contributed by atoms with E-state index in [1.165, 1.54) is 0 Å². The zero-order valence-corrected chi connectivity index (χ0v) is 13.5. The zero-order valence-electron chi connectivity index (χ0n) is 13.5. The SMILES string of the molecule is CCCCC(N)C(CN)c1ccc(OC)c(OC)c1OC. The summed E-state index contributed by atoms with van der Waals surface area (Å²) >= 11 is 0. The van der Waals surface area contributed by atoms with E-state index in [1.54, 1.807) is 21.3 Å². The van der Waals surface area contributed by atoms with E-state index in [0.29, 0.717) is 23.8 Å². The van der Waals surface area contributed by atoms with Crippen LogP contribution in [0.15, 0.2) is 12.1 Å². The van der Waals surface area contributed by atoms with Crippen molar-refractivity contribution in [2.24, 2.45) is 11.5 Å². The highest BCUT2D eigenvalue weighted by Crippen LogP contribution is 2.43. The van der Waals surface area contributed by atoms with Gasteiger partial charge in [0.25, 0.3) is 0 Å². The van der Waals surface area contributed by atoms with Gasteiger partial charge in [0.15, 0.2) is 11.5 Å². The second kappa shape index (κ2) is 8.74. The number of ether oxygens (including phenoxy) is 3. The van der Waals surface area contributed by atoms with Gasteiger partial charge < -0.3 is 25.7 Å². The van der Waals surface area contributed by atoms with Crippen LogP contribution in [0.2, 0.25) is 0 Å². The molecule has 120 valence electrons. The molecule has 0 spiro atoms. The van der Waals surface area contributed by atoms with Gasteiger partial charge in [0.05, 0.1) is 21.3 Å². The third kappa shape index (κ3) is 4.02. The molecule has 0 aliphatic carbocycles. The predicted molar refractivity (Wildman–Crippen MR) is 85.4 cm³/mol. The molecule has 0 aliphatic rings. The van der Waals surface area contributed by atoms with Crippen molar-refractivity contribution < 1.29 is 14.2 Å². The van der Waals surface area contributed by atoms with Crippen molar-refractivity contribution >= 4 is 0 Å². The van der Waals surface area contributed by atoms with E-state index in [2.05, 4.69) is 6.92 Å². The maximum absolute atomic E-state index is 6.32. The highest BCUT2D eigenvalue weighted by molar-refractivity contribution is 5.57. The topological polar surface area (TPSA) is 79.7 Å². The average molecular weight is 296 g/mol. The lowest BCUT2D eigenvalue weighted by atomic mass is 9.88. The summed E-state index contributed by atoms with van der Waals surface area (Å²) in [5.41, 5.74) is 13.3. The van der Waals surface area contributed by atoms with E-state index in [-0.39, 0.29) is 12.0 Å². The molecule has 1 rings (SSSR count). The molecule has 1 aromatic rings. The third-order valence-electron chi connectivity index (χ3n) is 3.80. The Morgan fingerprint density at radius 3 is 2.19 bits per heavy atom. The van der Waals surface area contributed by atoms with E-state index in [1.807, 2.05) is 12.1 Å². The molecule has 2 unspecified atom stereocenters. The summed E-state index contributed by atoms with van der Waals surface area (Å²) in [4.78, 5) is 0. The van der Waals surface area contributed by atoms with Crippen LogP contribution >= 0.6 is 0 Å². The number of methoxy groups -OCH3 is 3. The molecular formula is C16H28N2O3. The second-order valence-corrected chi connectivity index (χ2v) is 5.07. The number of rotatable bonds is 9. The summed E-state index contributed by atoms with van der Waals surface area (Å²) in [6.45, 7) is 2.62. The highest BCUT2D eigenvalue weighted by atomic mass is 16.5. The Hall–Kier alpha value is -1.46. The molecule has 0 saturated carbocycles. The van der Waals surface area contributed by atoms with E-state index in [0.717, 1.165) is 24.8 Å². The lowest BCUT2D eigenvalue weighted by Crippen LogP contribution is -2.33. The molecule has 0 amide bonds. The molecule has 0 saturated heterocycles. The summed E-state index contributed by atoms with van der Waals surface area (Å²) in [5.74, 6) is 1.90. The lowest BCUT2D eigenvalue weighted by Gasteiger charge is -2.26. The molecule has 4 N–H and O–H groups in total. The standard InChI is InChI=1S/C16H28N2O3/c1-5-6-7-13(18)12(10-17)11-8-9-14(19-2)16(21-4)15(11)20-3/h8-9,12-13H,5-7,10,17-18H2,1-4H3. The van der Waals surface area contributed by atoms with Crippen LogP contribution < -0.4 is 25.7 Å². The molecule has 0 fully saturated rings. The van der Waals surface area contributed by atoms with Crippen LogP contribution in [-0.4, -0.2) is 33.9 Å². The molecule has 21 heavy (non-hydrogen) atoms. The fourth-order valence-electron chi connectivity index (χ4n) is 2.59. The molecule has 0 aliphatic heterocycles. The van der Waals surface area contributed by atoms with E-state index in [9.17, 15) is 0 Å².